The fourth-order valence-corrected chi connectivity index (χ4v) is 4.77. The van der Waals surface area contributed by atoms with Gasteiger partial charge in [0.2, 0.25) is 26.6 Å². The first-order valence-corrected chi connectivity index (χ1v) is 10.7. The molecule has 0 amide bonds. The molecule has 1 fully saturated rings. The Morgan fingerprint density at radius 2 is 1.50 bits per heavy atom. The van der Waals surface area contributed by atoms with Crippen LogP contribution in [0.2, 0.25) is 0 Å². The molecule has 2 aromatic carbocycles. The van der Waals surface area contributed by atoms with Crippen LogP contribution < -0.4 is 4.90 Å². The van der Waals surface area contributed by atoms with Gasteiger partial charge in [0.1, 0.15) is 0 Å². The third-order valence-corrected chi connectivity index (χ3v) is 6.28. The zero-order chi connectivity index (χ0) is 19.7. The normalized spacial score (nSPS) is 20.3. The lowest BCUT2D eigenvalue weighted by Crippen LogP contribution is -2.45. The van der Waals surface area contributed by atoms with Gasteiger partial charge in [0.05, 0.1) is 17.1 Å². The predicted octanol–water partition coefficient (Wildman–Crippen LogP) is 3.79. The molecule has 0 saturated carbocycles. The zero-order valence-electron chi connectivity index (χ0n) is 15.8. The summed E-state index contributed by atoms with van der Waals surface area (Å²) in [5.74, 6) is 0.557. The largest absolute Gasteiger partial charge is 0.419 e. The lowest BCUT2D eigenvalue weighted by Gasteiger charge is -2.35. The molecular formula is C21H22N2O4S. The van der Waals surface area contributed by atoms with Crippen LogP contribution in [0, 0.1) is 0 Å². The number of nitrogens with zero attached hydrogens (tertiary/aromatic N) is 2. The maximum atomic E-state index is 13.3. The van der Waals surface area contributed by atoms with E-state index in [0.717, 1.165) is 5.56 Å². The van der Waals surface area contributed by atoms with Crippen LogP contribution in [0.3, 0.4) is 0 Å². The SMILES string of the molecule is C[C@@H]1CN(c2oc(-c3ccccc3)nc2S(=O)(=O)c2ccccc2)C[C@@H](C)O1. The molecule has 0 unspecified atom stereocenters. The number of sulfone groups is 1. The van der Waals surface area contributed by atoms with Crippen molar-refractivity contribution in [1.82, 2.24) is 4.98 Å². The molecule has 2 heterocycles. The highest BCUT2D eigenvalue weighted by Crippen LogP contribution is 2.35. The molecule has 3 aromatic rings. The summed E-state index contributed by atoms with van der Waals surface area (Å²) in [6, 6.07) is 17.6. The molecule has 2 atom stereocenters. The zero-order valence-corrected chi connectivity index (χ0v) is 16.6. The number of hydrogen-bond acceptors (Lipinski definition) is 6. The molecule has 6 nitrogen and oxygen atoms in total. The highest BCUT2D eigenvalue weighted by molar-refractivity contribution is 7.91. The molecule has 0 aliphatic carbocycles. The smallest absolute Gasteiger partial charge is 0.236 e. The van der Waals surface area contributed by atoms with Crippen molar-refractivity contribution in [3.8, 4) is 11.5 Å². The van der Waals surface area contributed by atoms with Gasteiger partial charge in [-0.1, -0.05) is 36.4 Å². The van der Waals surface area contributed by atoms with Crippen LogP contribution in [0.15, 0.2) is 75.0 Å². The summed E-state index contributed by atoms with van der Waals surface area (Å²) in [7, 11) is -3.83. The van der Waals surface area contributed by atoms with Gasteiger partial charge in [-0.2, -0.15) is 4.98 Å². The van der Waals surface area contributed by atoms with Crippen LogP contribution in [0.1, 0.15) is 13.8 Å². The highest BCUT2D eigenvalue weighted by atomic mass is 32.2. The molecule has 4 rings (SSSR count). The molecule has 1 aromatic heterocycles. The fraction of sp³-hybridized carbons (Fsp3) is 0.286. The van der Waals surface area contributed by atoms with Gasteiger partial charge in [-0.15, -0.1) is 0 Å². The van der Waals surface area contributed by atoms with E-state index < -0.39 is 9.84 Å². The van der Waals surface area contributed by atoms with E-state index >= 15 is 0 Å². The van der Waals surface area contributed by atoms with Crippen molar-refractivity contribution in [2.45, 2.75) is 36.0 Å². The molecule has 1 aliphatic heterocycles. The van der Waals surface area contributed by atoms with E-state index in [2.05, 4.69) is 4.98 Å². The van der Waals surface area contributed by atoms with Crippen molar-refractivity contribution in [3.05, 3.63) is 60.7 Å². The second-order valence-corrected chi connectivity index (χ2v) is 8.84. The van der Waals surface area contributed by atoms with E-state index in [9.17, 15) is 8.42 Å². The van der Waals surface area contributed by atoms with Crippen molar-refractivity contribution < 1.29 is 17.6 Å². The summed E-state index contributed by atoms with van der Waals surface area (Å²) in [5, 5.41) is -0.0566. The summed E-state index contributed by atoms with van der Waals surface area (Å²) in [4.78, 5) is 6.52. The number of rotatable bonds is 4. The minimum Gasteiger partial charge on any atom is -0.419 e. The Hall–Kier alpha value is -2.64. The van der Waals surface area contributed by atoms with Crippen LogP contribution >= 0.6 is 0 Å². The maximum Gasteiger partial charge on any atom is 0.236 e. The van der Waals surface area contributed by atoms with Crippen LogP contribution in [0.4, 0.5) is 5.88 Å². The van der Waals surface area contributed by atoms with Crippen molar-refractivity contribution in [2.24, 2.45) is 0 Å². The monoisotopic (exact) mass is 398 g/mol. The average molecular weight is 398 g/mol. The third-order valence-electron chi connectivity index (χ3n) is 4.62. The second kappa shape index (κ2) is 7.41. The molecule has 7 heteroatoms. The van der Waals surface area contributed by atoms with Crippen molar-refractivity contribution >= 4 is 15.7 Å². The van der Waals surface area contributed by atoms with Gasteiger partial charge < -0.3 is 14.1 Å². The number of hydrogen-bond donors (Lipinski definition) is 0. The second-order valence-electron chi connectivity index (χ2n) is 6.97. The molecule has 0 N–H and O–H groups in total. The minimum atomic E-state index is -3.83. The van der Waals surface area contributed by atoms with E-state index in [1.54, 1.807) is 30.3 Å². The molecule has 1 saturated heterocycles. The summed E-state index contributed by atoms with van der Waals surface area (Å²) in [6.45, 7) is 4.99. The van der Waals surface area contributed by atoms with Crippen LogP contribution in [0.25, 0.3) is 11.5 Å². The molecular weight excluding hydrogens is 376 g/mol. The molecule has 0 spiro atoms. The first kappa shape index (κ1) is 18.7. The number of aromatic nitrogens is 1. The van der Waals surface area contributed by atoms with Crippen LogP contribution in [-0.4, -0.2) is 38.7 Å². The Morgan fingerprint density at radius 3 is 2.11 bits per heavy atom. The number of benzene rings is 2. The number of oxazole rings is 1. The summed E-state index contributed by atoms with van der Waals surface area (Å²) in [5.41, 5.74) is 0.729. The van der Waals surface area contributed by atoms with Gasteiger partial charge >= 0.3 is 0 Å². The average Bonchev–Trinajstić information content (AvgIpc) is 3.15. The first-order valence-electron chi connectivity index (χ1n) is 9.22. The van der Waals surface area contributed by atoms with Gasteiger partial charge in [0, 0.05) is 18.7 Å². The summed E-state index contributed by atoms with van der Waals surface area (Å²) < 4.78 is 38.5. The number of ether oxygens (including phenoxy) is 1. The van der Waals surface area contributed by atoms with Gasteiger partial charge in [-0.05, 0) is 38.1 Å². The standard InChI is InChI=1S/C21H22N2O4S/c1-15-13-23(14-16(2)26-15)21-20(28(24,25)18-11-7-4-8-12-18)22-19(27-21)17-9-5-3-6-10-17/h3-12,15-16H,13-14H2,1-2H3/t15-,16-/m1/s1. The predicted molar refractivity (Wildman–Crippen MR) is 106 cm³/mol. The Bertz CT molecular complexity index is 1040. The Morgan fingerprint density at radius 1 is 0.929 bits per heavy atom. The maximum absolute atomic E-state index is 13.3. The fourth-order valence-electron chi connectivity index (χ4n) is 3.43. The lowest BCUT2D eigenvalue weighted by molar-refractivity contribution is -0.00657. The molecule has 1 aliphatic rings. The third kappa shape index (κ3) is 3.55. The van der Waals surface area contributed by atoms with Crippen molar-refractivity contribution in [1.29, 1.82) is 0 Å². The van der Waals surface area contributed by atoms with Crippen LogP contribution in [0.5, 0.6) is 0 Å². The van der Waals surface area contributed by atoms with E-state index in [1.165, 1.54) is 0 Å². The highest BCUT2D eigenvalue weighted by Gasteiger charge is 2.34. The van der Waals surface area contributed by atoms with E-state index in [0.29, 0.717) is 13.1 Å². The van der Waals surface area contributed by atoms with E-state index in [-0.39, 0.29) is 33.9 Å². The van der Waals surface area contributed by atoms with E-state index in [4.69, 9.17) is 9.15 Å². The molecule has 146 valence electrons. The van der Waals surface area contributed by atoms with Crippen LogP contribution in [-0.2, 0) is 14.6 Å². The van der Waals surface area contributed by atoms with E-state index in [1.807, 2.05) is 49.1 Å². The van der Waals surface area contributed by atoms with Gasteiger partial charge in [0.25, 0.3) is 0 Å². The van der Waals surface area contributed by atoms with Crippen molar-refractivity contribution in [3.63, 3.8) is 0 Å². The Labute approximate surface area is 164 Å². The van der Waals surface area contributed by atoms with Gasteiger partial charge in [0.15, 0.2) is 0 Å². The molecule has 0 bridgehead atoms. The lowest BCUT2D eigenvalue weighted by atomic mass is 10.2. The number of morpholine rings is 1. The topological polar surface area (TPSA) is 72.6 Å². The minimum absolute atomic E-state index is 0.0405. The Balaban J connectivity index is 1.85. The first-order chi connectivity index (χ1) is 13.4. The molecule has 0 radical (unpaired) electrons. The Kier molecular flexibility index (Phi) is 4.95. The quantitative estimate of drug-likeness (QED) is 0.666. The molecule has 28 heavy (non-hydrogen) atoms. The number of anilines is 1. The summed E-state index contributed by atoms with van der Waals surface area (Å²) in [6.07, 6.45) is -0.0809. The van der Waals surface area contributed by atoms with Gasteiger partial charge in [-0.25, -0.2) is 8.42 Å². The summed E-state index contributed by atoms with van der Waals surface area (Å²) >= 11 is 0. The van der Waals surface area contributed by atoms with Gasteiger partial charge in [-0.3, -0.25) is 0 Å². The van der Waals surface area contributed by atoms with Crippen molar-refractivity contribution in [2.75, 3.05) is 18.0 Å².